The lowest BCUT2D eigenvalue weighted by Crippen LogP contribution is -2.27. The lowest BCUT2D eigenvalue weighted by atomic mass is 9.84. The van der Waals surface area contributed by atoms with Crippen LogP contribution in [0.15, 0.2) is 24.3 Å². The molecular formula is C17H29N. The predicted octanol–water partition coefficient (Wildman–Crippen LogP) is 4.31. The average Bonchev–Trinajstić information content (AvgIpc) is 2.35. The standard InChI is InChI=1S/C17H29N/c1-14-5-3-7-16(11-14)9-10-18-13-17-8-4-6-15(2)12-17/h4,8,15-18H,1,3,5-7,9-13H2,2H3/t15-,16?,17?/m0/s1. The summed E-state index contributed by atoms with van der Waals surface area (Å²) in [6.07, 6.45) is 14.1. The third-order valence-electron chi connectivity index (χ3n) is 4.51. The molecule has 0 heterocycles. The summed E-state index contributed by atoms with van der Waals surface area (Å²) in [6, 6.07) is 0. The van der Waals surface area contributed by atoms with Gasteiger partial charge in [0, 0.05) is 6.54 Å². The molecule has 0 saturated heterocycles. The van der Waals surface area contributed by atoms with Crippen molar-refractivity contribution < 1.29 is 0 Å². The molecule has 102 valence electrons. The Morgan fingerprint density at radius 3 is 3.11 bits per heavy atom. The van der Waals surface area contributed by atoms with Crippen LogP contribution in [0.1, 0.15) is 51.9 Å². The van der Waals surface area contributed by atoms with E-state index in [0.29, 0.717) is 0 Å². The first-order chi connectivity index (χ1) is 8.74. The highest BCUT2D eigenvalue weighted by molar-refractivity contribution is 4.99. The third kappa shape index (κ3) is 4.61. The summed E-state index contributed by atoms with van der Waals surface area (Å²) in [5.74, 6) is 2.55. The zero-order valence-corrected chi connectivity index (χ0v) is 12.0. The van der Waals surface area contributed by atoms with Crippen molar-refractivity contribution in [1.82, 2.24) is 5.32 Å². The van der Waals surface area contributed by atoms with Crippen molar-refractivity contribution in [3.63, 3.8) is 0 Å². The summed E-state index contributed by atoms with van der Waals surface area (Å²) in [4.78, 5) is 0. The molecule has 2 aliphatic rings. The Morgan fingerprint density at radius 1 is 1.44 bits per heavy atom. The smallest absolute Gasteiger partial charge is 0.00143 e. The SMILES string of the molecule is C=C1CCCC(CCNCC2C=CC[C@H](C)C2)C1. The van der Waals surface area contributed by atoms with E-state index in [9.17, 15) is 0 Å². The van der Waals surface area contributed by atoms with Crippen molar-refractivity contribution in [2.24, 2.45) is 17.8 Å². The molecule has 0 aliphatic heterocycles. The summed E-state index contributed by atoms with van der Waals surface area (Å²) in [5.41, 5.74) is 1.48. The Morgan fingerprint density at radius 2 is 2.33 bits per heavy atom. The van der Waals surface area contributed by atoms with E-state index < -0.39 is 0 Å². The maximum absolute atomic E-state index is 4.14. The van der Waals surface area contributed by atoms with Crippen molar-refractivity contribution in [3.8, 4) is 0 Å². The molecule has 1 N–H and O–H groups in total. The number of rotatable bonds is 5. The quantitative estimate of drug-likeness (QED) is 0.564. The second kappa shape index (κ2) is 7.13. The van der Waals surface area contributed by atoms with E-state index >= 15 is 0 Å². The molecule has 18 heavy (non-hydrogen) atoms. The fourth-order valence-electron chi connectivity index (χ4n) is 3.44. The molecule has 2 rings (SSSR count). The highest BCUT2D eigenvalue weighted by Gasteiger charge is 2.16. The maximum Gasteiger partial charge on any atom is 0.00143 e. The van der Waals surface area contributed by atoms with Gasteiger partial charge in [0.15, 0.2) is 0 Å². The van der Waals surface area contributed by atoms with Crippen LogP contribution in [0.2, 0.25) is 0 Å². The minimum Gasteiger partial charge on any atom is -0.316 e. The largest absolute Gasteiger partial charge is 0.316 e. The fraction of sp³-hybridized carbons (Fsp3) is 0.765. The van der Waals surface area contributed by atoms with E-state index in [4.69, 9.17) is 0 Å². The van der Waals surface area contributed by atoms with E-state index in [1.54, 1.807) is 0 Å². The number of hydrogen-bond acceptors (Lipinski definition) is 1. The molecule has 2 unspecified atom stereocenters. The van der Waals surface area contributed by atoms with Gasteiger partial charge >= 0.3 is 0 Å². The summed E-state index contributed by atoms with van der Waals surface area (Å²) >= 11 is 0. The number of nitrogens with one attached hydrogen (secondary N) is 1. The molecule has 1 nitrogen and oxygen atoms in total. The first kappa shape index (κ1) is 13.9. The number of allylic oxidation sites excluding steroid dienone is 2. The zero-order valence-electron chi connectivity index (χ0n) is 12.0. The molecule has 1 heteroatoms. The van der Waals surface area contributed by atoms with Gasteiger partial charge in [-0.15, -0.1) is 0 Å². The second-order valence-electron chi connectivity index (χ2n) is 6.47. The number of hydrogen-bond donors (Lipinski definition) is 1. The molecule has 2 aliphatic carbocycles. The lowest BCUT2D eigenvalue weighted by molar-refractivity contribution is 0.367. The molecule has 0 bridgehead atoms. The first-order valence-electron chi connectivity index (χ1n) is 7.78. The van der Waals surface area contributed by atoms with Crippen molar-refractivity contribution in [2.75, 3.05) is 13.1 Å². The van der Waals surface area contributed by atoms with Crippen LogP contribution in [-0.4, -0.2) is 13.1 Å². The second-order valence-corrected chi connectivity index (χ2v) is 6.47. The minimum absolute atomic E-state index is 0.773. The molecule has 0 spiro atoms. The van der Waals surface area contributed by atoms with E-state index in [2.05, 4.69) is 31.0 Å². The summed E-state index contributed by atoms with van der Waals surface area (Å²) in [7, 11) is 0. The molecule has 0 amide bonds. The van der Waals surface area contributed by atoms with E-state index in [1.165, 1.54) is 63.6 Å². The highest BCUT2D eigenvalue weighted by Crippen LogP contribution is 2.29. The van der Waals surface area contributed by atoms with Gasteiger partial charge in [0.1, 0.15) is 0 Å². The van der Waals surface area contributed by atoms with Gasteiger partial charge in [-0.1, -0.05) is 31.2 Å². The molecule has 1 saturated carbocycles. The van der Waals surface area contributed by atoms with Gasteiger partial charge < -0.3 is 5.32 Å². The Labute approximate surface area is 113 Å². The van der Waals surface area contributed by atoms with Gasteiger partial charge in [-0.3, -0.25) is 0 Å². The molecule has 1 fully saturated rings. The van der Waals surface area contributed by atoms with Crippen LogP contribution in [0.25, 0.3) is 0 Å². The Balaban J connectivity index is 1.57. The molecule has 0 radical (unpaired) electrons. The van der Waals surface area contributed by atoms with Gasteiger partial charge in [0.05, 0.1) is 0 Å². The fourth-order valence-corrected chi connectivity index (χ4v) is 3.44. The van der Waals surface area contributed by atoms with Crippen LogP contribution in [0.4, 0.5) is 0 Å². The van der Waals surface area contributed by atoms with Crippen molar-refractivity contribution in [1.29, 1.82) is 0 Å². The van der Waals surface area contributed by atoms with Crippen molar-refractivity contribution in [2.45, 2.75) is 51.9 Å². The van der Waals surface area contributed by atoms with Gasteiger partial charge in [-0.25, -0.2) is 0 Å². The minimum atomic E-state index is 0.773. The molecule has 0 aromatic rings. The topological polar surface area (TPSA) is 12.0 Å². The highest BCUT2D eigenvalue weighted by atomic mass is 14.9. The van der Waals surface area contributed by atoms with E-state index in [-0.39, 0.29) is 0 Å². The van der Waals surface area contributed by atoms with Crippen LogP contribution in [0.3, 0.4) is 0 Å². The van der Waals surface area contributed by atoms with Crippen LogP contribution >= 0.6 is 0 Å². The first-order valence-corrected chi connectivity index (χ1v) is 7.78. The van der Waals surface area contributed by atoms with Gasteiger partial charge in [0.25, 0.3) is 0 Å². The van der Waals surface area contributed by atoms with Gasteiger partial charge in [-0.05, 0) is 69.2 Å². The van der Waals surface area contributed by atoms with Crippen LogP contribution < -0.4 is 5.32 Å². The van der Waals surface area contributed by atoms with Crippen LogP contribution in [0, 0.1) is 17.8 Å². The monoisotopic (exact) mass is 247 g/mol. The van der Waals surface area contributed by atoms with Crippen LogP contribution in [-0.2, 0) is 0 Å². The molecular weight excluding hydrogens is 218 g/mol. The maximum atomic E-state index is 4.14. The Kier molecular flexibility index (Phi) is 5.49. The van der Waals surface area contributed by atoms with Gasteiger partial charge in [0.2, 0.25) is 0 Å². The predicted molar refractivity (Wildman–Crippen MR) is 79.6 cm³/mol. The molecule has 3 atom stereocenters. The summed E-state index contributed by atoms with van der Waals surface area (Å²) < 4.78 is 0. The average molecular weight is 247 g/mol. The van der Waals surface area contributed by atoms with Crippen LogP contribution in [0.5, 0.6) is 0 Å². The van der Waals surface area contributed by atoms with E-state index in [0.717, 1.165) is 17.8 Å². The normalized spacial score (nSPS) is 32.7. The van der Waals surface area contributed by atoms with Crippen molar-refractivity contribution >= 4 is 0 Å². The van der Waals surface area contributed by atoms with Gasteiger partial charge in [-0.2, -0.15) is 0 Å². The lowest BCUT2D eigenvalue weighted by Gasteiger charge is -2.25. The summed E-state index contributed by atoms with van der Waals surface area (Å²) in [6.45, 7) is 8.88. The van der Waals surface area contributed by atoms with E-state index in [1.807, 2.05) is 0 Å². The van der Waals surface area contributed by atoms with Crippen molar-refractivity contribution in [3.05, 3.63) is 24.3 Å². The Bertz CT molecular complexity index is 292. The molecule has 0 aromatic heterocycles. The Hall–Kier alpha value is -0.560. The summed E-state index contributed by atoms with van der Waals surface area (Å²) in [5, 5.41) is 3.66. The third-order valence-corrected chi connectivity index (χ3v) is 4.51. The zero-order chi connectivity index (χ0) is 12.8. The molecule has 0 aromatic carbocycles.